The molecule has 3 rings (SSSR count). The molecule has 0 aliphatic carbocycles. The Morgan fingerprint density at radius 1 is 0.824 bits per heavy atom. The Morgan fingerprint density at radius 2 is 1.59 bits per heavy atom. The van der Waals surface area contributed by atoms with E-state index in [0.29, 0.717) is 6.41 Å². The van der Waals surface area contributed by atoms with E-state index in [1.165, 1.54) is 16.2 Å². The first-order valence-corrected chi connectivity index (χ1v) is 5.50. The van der Waals surface area contributed by atoms with Crippen molar-refractivity contribution < 1.29 is 4.79 Å². The van der Waals surface area contributed by atoms with Crippen molar-refractivity contribution in [2.75, 3.05) is 5.32 Å². The minimum atomic E-state index is 0.697. The van der Waals surface area contributed by atoms with Gasteiger partial charge in [-0.25, -0.2) is 0 Å². The SMILES string of the molecule is O=CNc1ccc2c(ccc3ccccc32)c1. The van der Waals surface area contributed by atoms with Crippen molar-refractivity contribution in [3.63, 3.8) is 0 Å². The molecule has 0 bridgehead atoms. The average Bonchev–Trinajstić information content (AvgIpc) is 2.39. The number of carbonyl (C=O) groups excluding carboxylic acids is 1. The number of rotatable bonds is 2. The van der Waals surface area contributed by atoms with E-state index in [-0.39, 0.29) is 0 Å². The van der Waals surface area contributed by atoms with E-state index in [2.05, 4.69) is 29.6 Å². The van der Waals surface area contributed by atoms with Crippen LogP contribution in [0.15, 0.2) is 54.6 Å². The van der Waals surface area contributed by atoms with Gasteiger partial charge in [0.25, 0.3) is 0 Å². The van der Waals surface area contributed by atoms with Crippen LogP contribution in [-0.2, 0) is 4.79 Å². The number of amides is 1. The van der Waals surface area contributed by atoms with E-state index in [1.807, 2.05) is 30.3 Å². The van der Waals surface area contributed by atoms with Crippen LogP contribution in [-0.4, -0.2) is 6.41 Å². The topological polar surface area (TPSA) is 29.1 Å². The van der Waals surface area contributed by atoms with Crippen molar-refractivity contribution in [1.29, 1.82) is 0 Å². The third-order valence-electron chi connectivity index (χ3n) is 2.97. The van der Waals surface area contributed by atoms with Gasteiger partial charge in [-0.1, -0.05) is 42.5 Å². The van der Waals surface area contributed by atoms with E-state index in [9.17, 15) is 4.79 Å². The molecule has 0 fully saturated rings. The molecular formula is C15H11NO. The van der Waals surface area contributed by atoms with Crippen molar-refractivity contribution in [3.05, 3.63) is 54.6 Å². The van der Waals surface area contributed by atoms with Crippen LogP contribution >= 0.6 is 0 Å². The molecule has 2 nitrogen and oxygen atoms in total. The van der Waals surface area contributed by atoms with Crippen LogP contribution < -0.4 is 5.32 Å². The van der Waals surface area contributed by atoms with Gasteiger partial charge in [-0.2, -0.15) is 0 Å². The lowest BCUT2D eigenvalue weighted by Gasteiger charge is -2.05. The molecular weight excluding hydrogens is 210 g/mol. The zero-order valence-corrected chi connectivity index (χ0v) is 9.18. The Kier molecular flexibility index (Phi) is 2.26. The molecule has 3 aromatic carbocycles. The standard InChI is InChI=1S/C15H11NO/c17-10-16-13-7-8-15-12(9-13)6-5-11-3-1-2-4-14(11)15/h1-10H,(H,16,17). The quantitative estimate of drug-likeness (QED) is 0.520. The van der Waals surface area contributed by atoms with Crippen LogP contribution in [0.3, 0.4) is 0 Å². The maximum absolute atomic E-state index is 10.4. The van der Waals surface area contributed by atoms with Gasteiger partial charge in [-0.3, -0.25) is 4.79 Å². The van der Waals surface area contributed by atoms with Crippen LogP contribution in [0.4, 0.5) is 5.69 Å². The van der Waals surface area contributed by atoms with E-state index in [0.717, 1.165) is 11.1 Å². The normalized spacial score (nSPS) is 10.6. The zero-order valence-electron chi connectivity index (χ0n) is 9.18. The van der Waals surface area contributed by atoms with Crippen molar-refractivity contribution >= 4 is 33.6 Å². The molecule has 0 spiro atoms. The summed E-state index contributed by atoms with van der Waals surface area (Å²) >= 11 is 0. The Labute approximate surface area is 98.9 Å². The van der Waals surface area contributed by atoms with Crippen LogP contribution in [0, 0.1) is 0 Å². The lowest BCUT2D eigenvalue weighted by atomic mass is 10.0. The summed E-state index contributed by atoms with van der Waals surface area (Å²) in [5.74, 6) is 0. The maximum Gasteiger partial charge on any atom is 0.211 e. The van der Waals surface area contributed by atoms with Crippen molar-refractivity contribution in [3.8, 4) is 0 Å². The van der Waals surface area contributed by atoms with Gasteiger partial charge in [0.2, 0.25) is 6.41 Å². The summed E-state index contributed by atoms with van der Waals surface area (Å²) in [7, 11) is 0. The maximum atomic E-state index is 10.4. The second-order valence-corrected chi connectivity index (χ2v) is 3.98. The van der Waals surface area contributed by atoms with Crippen LogP contribution in [0.1, 0.15) is 0 Å². The highest BCUT2D eigenvalue weighted by Crippen LogP contribution is 2.27. The van der Waals surface area contributed by atoms with Gasteiger partial charge in [-0.05, 0) is 33.7 Å². The lowest BCUT2D eigenvalue weighted by Crippen LogP contribution is -1.92. The second-order valence-electron chi connectivity index (χ2n) is 3.98. The molecule has 82 valence electrons. The molecule has 17 heavy (non-hydrogen) atoms. The van der Waals surface area contributed by atoms with E-state index in [1.54, 1.807) is 0 Å². The molecule has 0 radical (unpaired) electrons. The summed E-state index contributed by atoms with van der Waals surface area (Å²) in [5.41, 5.74) is 0.822. The molecule has 3 aromatic rings. The number of hydrogen-bond donors (Lipinski definition) is 1. The van der Waals surface area contributed by atoms with E-state index in [4.69, 9.17) is 0 Å². The van der Waals surface area contributed by atoms with Gasteiger partial charge in [0.1, 0.15) is 0 Å². The monoisotopic (exact) mass is 221 g/mol. The lowest BCUT2D eigenvalue weighted by molar-refractivity contribution is -0.105. The highest BCUT2D eigenvalue weighted by molar-refractivity contribution is 6.08. The molecule has 1 amide bonds. The zero-order chi connectivity index (χ0) is 11.7. The number of carbonyl (C=O) groups is 1. The summed E-state index contributed by atoms with van der Waals surface area (Å²) in [6.45, 7) is 0. The van der Waals surface area contributed by atoms with Gasteiger partial charge in [0, 0.05) is 5.69 Å². The minimum Gasteiger partial charge on any atom is -0.329 e. The van der Waals surface area contributed by atoms with Crippen LogP contribution in [0.2, 0.25) is 0 Å². The van der Waals surface area contributed by atoms with Crippen molar-refractivity contribution in [2.45, 2.75) is 0 Å². The molecule has 0 aromatic heterocycles. The fraction of sp³-hybridized carbons (Fsp3) is 0. The summed E-state index contributed by atoms with van der Waals surface area (Å²) < 4.78 is 0. The van der Waals surface area contributed by atoms with E-state index >= 15 is 0 Å². The van der Waals surface area contributed by atoms with E-state index < -0.39 is 0 Å². The summed E-state index contributed by atoms with van der Waals surface area (Å²) in [6, 6.07) is 18.4. The number of nitrogens with one attached hydrogen (secondary N) is 1. The number of hydrogen-bond acceptors (Lipinski definition) is 1. The number of fused-ring (bicyclic) bond motifs is 3. The fourth-order valence-electron chi connectivity index (χ4n) is 2.17. The highest BCUT2D eigenvalue weighted by atomic mass is 16.1. The van der Waals surface area contributed by atoms with Crippen molar-refractivity contribution in [2.24, 2.45) is 0 Å². The summed E-state index contributed by atoms with van der Waals surface area (Å²) in [6.07, 6.45) is 0.697. The van der Waals surface area contributed by atoms with Gasteiger partial charge in [0.05, 0.1) is 0 Å². The first-order chi connectivity index (χ1) is 8.38. The Bertz CT molecular complexity index is 703. The second kappa shape index (κ2) is 3.91. The number of benzene rings is 3. The van der Waals surface area contributed by atoms with Crippen LogP contribution in [0.5, 0.6) is 0 Å². The first-order valence-electron chi connectivity index (χ1n) is 5.50. The van der Waals surface area contributed by atoms with Crippen LogP contribution in [0.25, 0.3) is 21.5 Å². The Balaban J connectivity index is 2.33. The smallest absolute Gasteiger partial charge is 0.211 e. The Morgan fingerprint density at radius 3 is 2.47 bits per heavy atom. The third-order valence-corrected chi connectivity index (χ3v) is 2.97. The van der Waals surface area contributed by atoms with Gasteiger partial charge < -0.3 is 5.32 Å². The predicted octanol–water partition coefficient (Wildman–Crippen LogP) is 3.56. The van der Waals surface area contributed by atoms with Crippen molar-refractivity contribution in [1.82, 2.24) is 0 Å². The molecule has 1 N–H and O–H groups in total. The first kappa shape index (κ1) is 9.85. The molecule has 0 aliphatic rings. The molecule has 0 unspecified atom stereocenters. The average molecular weight is 221 g/mol. The third kappa shape index (κ3) is 1.64. The summed E-state index contributed by atoms with van der Waals surface area (Å²) in [5, 5.41) is 7.48. The minimum absolute atomic E-state index is 0.697. The highest BCUT2D eigenvalue weighted by Gasteiger charge is 2.00. The molecule has 0 aliphatic heterocycles. The predicted molar refractivity (Wildman–Crippen MR) is 71.1 cm³/mol. The fourth-order valence-corrected chi connectivity index (χ4v) is 2.17. The summed E-state index contributed by atoms with van der Waals surface area (Å²) in [4.78, 5) is 10.4. The molecule has 0 saturated heterocycles. The molecule has 0 atom stereocenters. The van der Waals surface area contributed by atoms with Gasteiger partial charge in [0.15, 0.2) is 0 Å². The Hall–Kier alpha value is -2.35. The van der Waals surface area contributed by atoms with Gasteiger partial charge in [-0.15, -0.1) is 0 Å². The van der Waals surface area contributed by atoms with Gasteiger partial charge >= 0.3 is 0 Å². The molecule has 0 heterocycles. The molecule has 0 saturated carbocycles. The largest absolute Gasteiger partial charge is 0.329 e. The number of anilines is 1. The molecule has 2 heteroatoms.